The molecular weight excluding hydrogens is 322 g/mol. The van der Waals surface area contributed by atoms with Crippen molar-refractivity contribution in [1.29, 1.82) is 0 Å². The number of amides is 1. The van der Waals surface area contributed by atoms with E-state index in [1.54, 1.807) is 44.2 Å². The lowest BCUT2D eigenvalue weighted by Gasteiger charge is -2.22. The predicted molar refractivity (Wildman–Crippen MR) is 90.8 cm³/mol. The number of benzene rings is 1. The molecule has 25 heavy (non-hydrogen) atoms. The summed E-state index contributed by atoms with van der Waals surface area (Å²) in [6.45, 7) is 3.92. The fourth-order valence-electron chi connectivity index (χ4n) is 3.02. The van der Waals surface area contributed by atoms with Gasteiger partial charge in [0, 0.05) is 24.4 Å². The number of nitrogens with one attached hydrogen (secondary N) is 1. The van der Waals surface area contributed by atoms with Gasteiger partial charge in [0.25, 0.3) is 0 Å². The van der Waals surface area contributed by atoms with Gasteiger partial charge in [-0.05, 0) is 13.3 Å². The first-order chi connectivity index (χ1) is 12.0. The summed E-state index contributed by atoms with van der Waals surface area (Å²) < 4.78 is 5.06. The molecule has 1 aromatic rings. The van der Waals surface area contributed by atoms with Crippen molar-refractivity contribution in [2.75, 3.05) is 13.2 Å². The molecule has 1 aromatic carbocycles. The molecule has 0 aliphatic carbocycles. The number of carbonyl (C=O) groups is 4. The maximum atomic E-state index is 12.7. The van der Waals surface area contributed by atoms with E-state index in [-0.39, 0.29) is 30.5 Å². The van der Waals surface area contributed by atoms with Crippen LogP contribution >= 0.6 is 0 Å². The van der Waals surface area contributed by atoms with E-state index in [9.17, 15) is 19.2 Å². The molecule has 1 N–H and O–H groups in total. The van der Waals surface area contributed by atoms with Crippen molar-refractivity contribution in [2.45, 2.75) is 26.7 Å². The molecule has 0 radical (unpaired) electrons. The van der Waals surface area contributed by atoms with Crippen LogP contribution in [-0.2, 0) is 19.1 Å². The van der Waals surface area contributed by atoms with E-state index in [0.29, 0.717) is 18.5 Å². The quantitative estimate of drug-likeness (QED) is 0.441. The largest absolute Gasteiger partial charge is 0.466 e. The Kier molecular flexibility index (Phi) is 6.44. The molecular formula is C19H23NO5. The molecule has 0 bridgehead atoms. The SMILES string of the molecule is CCOC(=O)[C@@H](CC(=O)C1CCNC1=O)[C@H](C)C(=O)c1ccccc1. The Bertz CT molecular complexity index is 655. The van der Waals surface area contributed by atoms with Crippen LogP contribution in [-0.4, -0.2) is 36.6 Å². The van der Waals surface area contributed by atoms with E-state index in [4.69, 9.17) is 4.74 Å². The zero-order valence-corrected chi connectivity index (χ0v) is 14.5. The summed E-state index contributed by atoms with van der Waals surface area (Å²) in [4.78, 5) is 49.2. The predicted octanol–water partition coefficient (Wildman–Crippen LogP) is 1.78. The zero-order valence-electron chi connectivity index (χ0n) is 14.5. The lowest BCUT2D eigenvalue weighted by atomic mass is 9.82. The van der Waals surface area contributed by atoms with E-state index in [2.05, 4.69) is 5.32 Å². The fourth-order valence-corrected chi connectivity index (χ4v) is 3.02. The van der Waals surface area contributed by atoms with E-state index in [1.165, 1.54) is 0 Å². The van der Waals surface area contributed by atoms with E-state index in [0.717, 1.165) is 0 Å². The number of ketones is 2. The number of hydrogen-bond acceptors (Lipinski definition) is 5. The first-order valence-electron chi connectivity index (χ1n) is 8.52. The van der Waals surface area contributed by atoms with Crippen LogP contribution < -0.4 is 5.32 Å². The number of Topliss-reactive ketones (excluding diaryl/α,β-unsaturated/α-hetero) is 2. The Morgan fingerprint density at radius 1 is 1.24 bits per heavy atom. The molecule has 2 rings (SSSR count). The van der Waals surface area contributed by atoms with Crippen molar-refractivity contribution in [2.24, 2.45) is 17.8 Å². The van der Waals surface area contributed by atoms with Gasteiger partial charge >= 0.3 is 5.97 Å². The van der Waals surface area contributed by atoms with Gasteiger partial charge in [0.15, 0.2) is 5.78 Å². The second-order valence-corrected chi connectivity index (χ2v) is 6.18. The second-order valence-electron chi connectivity index (χ2n) is 6.18. The minimum Gasteiger partial charge on any atom is -0.466 e. The van der Waals surface area contributed by atoms with Gasteiger partial charge in [-0.25, -0.2) is 0 Å². The van der Waals surface area contributed by atoms with Crippen molar-refractivity contribution in [3.63, 3.8) is 0 Å². The summed E-state index contributed by atoms with van der Waals surface area (Å²) in [6, 6.07) is 8.63. The van der Waals surface area contributed by atoms with Crippen molar-refractivity contribution < 1.29 is 23.9 Å². The molecule has 1 fully saturated rings. The molecule has 1 unspecified atom stereocenters. The minimum atomic E-state index is -0.895. The Morgan fingerprint density at radius 3 is 2.48 bits per heavy atom. The molecule has 6 nitrogen and oxygen atoms in total. The minimum absolute atomic E-state index is 0.166. The standard InChI is InChI=1S/C19H23NO5/c1-3-25-19(24)15(11-16(21)14-9-10-20-18(14)23)12(2)17(22)13-7-5-4-6-8-13/h4-8,12,14-15H,3,9-11H2,1-2H3,(H,20,23)/t12-,14?,15-/m0/s1. The summed E-state index contributed by atoms with van der Waals surface area (Å²) >= 11 is 0. The Morgan fingerprint density at radius 2 is 1.92 bits per heavy atom. The Balaban J connectivity index is 2.17. The van der Waals surface area contributed by atoms with Crippen molar-refractivity contribution in [1.82, 2.24) is 5.32 Å². The summed E-state index contributed by atoms with van der Waals surface area (Å²) in [7, 11) is 0. The molecule has 1 heterocycles. The van der Waals surface area contributed by atoms with Crippen LogP contribution in [0.4, 0.5) is 0 Å². The van der Waals surface area contributed by atoms with Gasteiger partial charge < -0.3 is 10.1 Å². The third-order valence-corrected chi connectivity index (χ3v) is 4.52. The maximum absolute atomic E-state index is 12.7. The lowest BCUT2D eigenvalue weighted by Crippen LogP contribution is -2.34. The lowest BCUT2D eigenvalue weighted by molar-refractivity contribution is -0.151. The highest BCUT2D eigenvalue weighted by Gasteiger charge is 2.38. The Hall–Kier alpha value is -2.50. The molecule has 134 valence electrons. The second kappa shape index (κ2) is 8.55. The van der Waals surface area contributed by atoms with Crippen LogP contribution in [0.1, 0.15) is 37.0 Å². The monoisotopic (exact) mass is 345 g/mol. The molecule has 0 saturated carbocycles. The highest BCUT2D eigenvalue weighted by Crippen LogP contribution is 2.25. The average Bonchev–Trinajstić information content (AvgIpc) is 3.05. The molecule has 0 spiro atoms. The van der Waals surface area contributed by atoms with Crippen LogP contribution in [0.3, 0.4) is 0 Å². The smallest absolute Gasteiger partial charge is 0.310 e. The fraction of sp³-hybridized carbons (Fsp3) is 0.474. The van der Waals surface area contributed by atoms with Crippen LogP contribution in [0.2, 0.25) is 0 Å². The van der Waals surface area contributed by atoms with Crippen LogP contribution in [0.15, 0.2) is 30.3 Å². The van der Waals surface area contributed by atoms with Gasteiger partial charge in [-0.3, -0.25) is 19.2 Å². The van der Waals surface area contributed by atoms with Gasteiger partial charge in [-0.15, -0.1) is 0 Å². The number of hydrogen-bond donors (Lipinski definition) is 1. The van der Waals surface area contributed by atoms with Gasteiger partial charge in [-0.1, -0.05) is 37.3 Å². The zero-order chi connectivity index (χ0) is 18.4. The van der Waals surface area contributed by atoms with Gasteiger partial charge in [0.2, 0.25) is 5.91 Å². The van der Waals surface area contributed by atoms with E-state index >= 15 is 0 Å². The van der Waals surface area contributed by atoms with Crippen molar-refractivity contribution >= 4 is 23.4 Å². The molecule has 1 amide bonds. The molecule has 0 aromatic heterocycles. The van der Waals surface area contributed by atoms with Crippen LogP contribution in [0.25, 0.3) is 0 Å². The molecule has 3 atom stereocenters. The molecule has 1 aliphatic rings. The third kappa shape index (κ3) is 4.53. The van der Waals surface area contributed by atoms with Crippen LogP contribution in [0.5, 0.6) is 0 Å². The molecule has 1 saturated heterocycles. The highest BCUT2D eigenvalue weighted by molar-refractivity contribution is 6.05. The molecule has 1 aliphatic heterocycles. The first-order valence-corrected chi connectivity index (χ1v) is 8.52. The topological polar surface area (TPSA) is 89.5 Å². The van der Waals surface area contributed by atoms with Crippen LogP contribution in [0, 0.1) is 17.8 Å². The Labute approximate surface area is 146 Å². The number of esters is 1. The van der Waals surface area contributed by atoms with Crippen molar-refractivity contribution in [3.05, 3.63) is 35.9 Å². The number of carbonyl (C=O) groups excluding carboxylic acids is 4. The van der Waals surface area contributed by atoms with E-state index < -0.39 is 23.7 Å². The number of rotatable bonds is 8. The van der Waals surface area contributed by atoms with E-state index in [1.807, 2.05) is 0 Å². The normalized spacial score (nSPS) is 19.0. The summed E-state index contributed by atoms with van der Waals surface area (Å²) in [5.41, 5.74) is 0.482. The van der Waals surface area contributed by atoms with Gasteiger partial charge in [0.1, 0.15) is 5.78 Å². The summed E-state index contributed by atoms with van der Waals surface area (Å²) in [5, 5.41) is 2.61. The average molecular weight is 345 g/mol. The van der Waals surface area contributed by atoms with Crippen molar-refractivity contribution in [3.8, 4) is 0 Å². The third-order valence-electron chi connectivity index (χ3n) is 4.52. The van der Waals surface area contributed by atoms with Gasteiger partial charge in [-0.2, -0.15) is 0 Å². The first kappa shape index (κ1) is 18.8. The highest BCUT2D eigenvalue weighted by atomic mass is 16.5. The maximum Gasteiger partial charge on any atom is 0.310 e. The summed E-state index contributed by atoms with van der Waals surface area (Å²) in [6.07, 6.45) is 0.255. The summed E-state index contributed by atoms with van der Waals surface area (Å²) in [5.74, 6) is -3.77. The van der Waals surface area contributed by atoms with Gasteiger partial charge in [0.05, 0.1) is 18.4 Å². The number of ether oxygens (including phenoxy) is 1. The molecule has 6 heteroatoms.